The molecule has 0 amide bonds. The van der Waals surface area contributed by atoms with E-state index in [9.17, 15) is 10.2 Å². The van der Waals surface area contributed by atoms with Crippen LogP contribution in [0.2, 0.25) is 0 Å². The van der Waals surface area contributed by atoms with Crippen molar-refractivity contribution < 1.29 is 10.2 Å². The highest BCUT2D eigenvalue weighted by Gasteiger charge is 2.52. The standard InChI is InChI=1S/C19H22N2O2/c1-2-10-8-21-17-7-14-13-5-11(23)3-4-16(13)20-19(14)18(21)6-12(10)15(17)9-22/h2-5,12,15,17-18,20,22-23H,6-9H2,1H3/t12?,15-,17+,18+/m1/s1. The fourth-order valence-electron chi connectivity index (χ4n) is 5.35. The van der Waals surface area contributed by atoms with Gasteiger partial charge in [-0.25, -0.2) is 0 Å². The number of allylic oxidation sites excluding steroid dienone is 1. The number of H-pyrrole nitrogens is 1. The Balaban J connectivity index is 1.68. The molecule has 5 heterocycles. The van der Waals surface area contributed by atoms with E-state index in [2.05, 4.69) is 22.9 Å². The van der Waals surface area contributed by atoms with Gasteiger partial charge in [-0.2, -0.15) is 0 Å². The molecule has 5 atom stereocenters. The largest absolute Gasteiger partial charge is 0.508 e. The van der Waals surface area contributed by atoms with Crippen molar-refractivity contribution in [3.63, 3.8) is 0 Å². The first kappa shape index (κ1) is 13.6. The summed E-state index contributed by atoms with van der Waals surface area (Å²) in [5.41, 5.74) is 5.29. The smallest absolute Gasteiger partial charge is 0.116 e. The van der Waals surface area contributed by atoms with Gasteiger partial charge in [0.1, 0.15) is 5.75 Å². The van der Waals surface area contributed by atoms with Gasteiger partial charge in [-0.1, -0.05) is 11.6 Å². The molecule has 4 aliphatic heterocycles. The number of aliphatic hydroxyl groups excluding tert-OH is 1. The third-order valence-corrected chi connectivity index (χ3v) is 6.41. The molecule has 0 spiro atoms. The molecule has 3 saturated heterocycles. The molecule has 120 valence electrons. The van der Waals surface area contributed by atoms with E-state index in [4.69, 9.17) is 0 Å². The number of nitrogens with zero attached hydrogens (tertiary/aromatic N) is 1. The minimum Gasteiger partial charge on any atom is -0.508 e. The molecule has 4 bridgehead atoms. The van der Waals surface area contributed by atoms with Gasteiger partial charge < -0.3 is 15.2 Å². The second-order valence-corrected chi connectivity index (χ2v) is 7.26. The highest BCUT2D eigenvalue weighted by Crippen LogP contribution is 2.54. The summed E-state index contributed by atoms with van der Waals surface area (Å²) in [4.78, 5) is 6.21. The quantitative estimate of drug-likeness (QED) is 0.710. The van der Waals surface area contributed by atoms with Gasteiger partial charge in [0.05, 0.1) is 6.04 Å². The van der Waals surface area contributed by atoms with Crippen molar-refractivity contribution in [2.24, 2.45) is 11.8 Å². The van der Waals surface area contributed by atoms with Gasteiger partial charge in [-0.15, -0.1) is 0 Å². The van der Waals surface area contributed by atoms with Gasteiger partial charge in [0.15, 0.2) is 0 Å². The van der Waals surface area contributed by atoms with Crippen LogP contribution in [-0.4, -0.2) is 39.3 Å². The summed E-state index contributed by atoms with van der Waals surface area (Å²) >= 11 is 0. The highest BCUT2D eigenvalue weighted by molar-refractivity contribution is 5.86. The third kappa shape index (κ3) is 1.68. The van der Waals surface area contributed by atoms with Crippen LogP contribution in [0, 0.1) is 11.8 Å². The first-order valence-corrected chi connectivity index (χ1v) is 8.56. The number of aliphatic hydroxyl groups is 1. The van der Waals surface area contributed by atoms with Crippen LogP contribution in [0.3, 0.4) is 0 Å². The monoisotopic (exact) mass is 310 g/mol. The number of hydrogen-bond donors (Lipinski definition) is 3. The fourth-order valence-corrected chi connectivity index (χ4v) is 5.35. The number of aromatic nitrogens is 1. The van der Waals surface area contributed by atoms with Crippen LogP contribution in [0.25, 0.3) is 10.9 Å². The van der Waals surface area contributed by atoms with E-state index in [-0.39, 0.29) is 6.61 Å². The van der Waals surface area contributed by atoms with E-state index in [1.54, 1.807) is 6.07 Å². The highest BCUT2D eigenvalue weighted by atomic mass is 16.3. The lowest BCUT2D eigenvalue weighted by molar-refractivity contribution is -0.0503. The Kier molecular flexibility index (Phi) is 2.74. The molecular formula is C19H22N2O2. The molecule has 0 radical (unpaired) electrons. The maximum Gasteiger partial charge on any atom is 0.116 e. The molecule has 6 rings (SSSR count). The lowest BCUT2D eigenvalue weighted by Gasteiger charge is -2.58. The molecule has 3 N–H and O–H groups in total. The van der Waals surface area contributed by atoms with E-state index in [0.29, 0.717) is 29.7 Å². The molecule has 4 aliphatic rings. The van der Waals surface area contributed by atoms with Crippen LogP contribution in [0.1, 0.15) is 30.6 Å². The van der Waals surface area contributed by atoms with E-state index >= 15 is 0 Å². The number of piperidine rings is 3. The van der Waals surface area contributed by atoms with Crippen LogP contribution >= 0.6 is 0 Å². The Labute approximate surface area is 135 Å². The summed E-state index contributed by atoms with van der Waals surface area (Å²) in [5.74, 6) is 1.17. The number of phenols is 1. The molecule has 0 aliphatic carbocycles. The van der Waals surface area contributed by atoms with Crippen molar-refractivity contribution in [1.82, 2.24) is 9.88 Å². The van der Waals surface area contributed by atoms with Gasteiger partial charge in [-0.05, 0) is 49.4 Å². The van der Waals surface area contributed by atoms with Crippen LogP contribution in [-0.2, 0) is 6.42 Å². The van der Waals surface area contributed by atoms with E-state index < -0.39 is 0 Å². The van der Waals surface area contributed by atoms with Gasteiger partial charge in [-0.3, -0.25) is 4.90 Å². The number of fused-ring (bicyclic) bond motifs is 4. The molecule has 2 aromatic rings. The topological polar surface area (TPSA) is 59.5 Å². The average Bonchev–Trinajstić information content (AvgIpc) is 2.92. The second-order valence-electron chi connectivity index (χ2n) is 7.26. The molecule has 0 saturated carbocycles. The zero-order chi connectivity index (χ0) is 15.7. The molecule has 23 heavy (non-hydrogen) atoms. The van der Waals surface area contributed by atoms with E-state index in [1.165, 1.54) is 16.8 Å². The number of aromatic hydroxyl groups is 1. The minimum atomic E-state index is 0.263. The maximum absolute atomic E-state index is 9.99. The van der Waals surface area contributed by atoms with Gasteiger partial charge in [0.25, 0.3) is 0 Å². The Morgan fingerprint density at radius 3 is 3.04 bits per heavy atom. The zero-order valence-corrected chi connectivity index (χ0v) is 13.3. The number of phenolic OH excluding ortho intramolecular Hbond substituents is 1. The zero-order valence-electron chi connectivity index (χ0n) is 13.3. The van der Waals surface area contributed by atoms with E-state index in [1.807, 2.05) is 12.1 Å². The minimum absolute atomic E-state index is 0.263. The Morgan fingerprint density at radius 1 is 1.39 bits per heavy atom. The summed E-state index contributed by atoms with van der Waals surface area (Å²) < 4.78 is 0. The lowest BCUT2D eigenvalue weighted by atomic mass is 9.64. The normalized spacial score (nSPS) is 36.6. The average molecular weight is 310 g/mol. The Bertz CT molecular complexity index is 822. The van der Waals surface area contributed by atoms with Crippen molar-refractivity contribution in [2.75, 3.05) is 13.2 Å². The molecule has 4 heteroatoms. The van der Waals surface area contributed by atoms with Gasteiger partial charge >= 0.3 is 0 Å². The maximum atomic E-state index is 9.99. The van der Waals surface area contributed by atoms with Crippen molar-refractivity contribution in [1.29, 1.82) is 0 Å². The summed E-state index contributed by atoms with van der Waals surface area (Å²) in [6.45, 7) is 3.42. The molecule has 4 nitrogen and oxygen atoms in total. The predicted octanol–water partition coefficient (Wildman–Crippen LogP) is 2.73. The third-order valence-electron chi connectivity index (χ3n) is 6.41. The van der Waals surface area contributed by atoms with Crippen LogP contribution in [0.4, 0.5) is 0 Å². The predicted molar refractivity (Wildman–Crippen MR) is 89.3 cm³/mol. The Hall–Kier alpha value is -1.78. The lowest BCUT2D eigenvalue weighted by Crippen LogP contribution is -2.60. The molecule has 1 aromatic carbocycles. The summed E-state index contributed by atoms with van der Waals surface area (Å²) in [7, 11) is 0. The van der Waals surface area contributed by atoms with Crippen molar-refractivity contribution in [3.8, 4) is 5.75 Å². The second kappa shape index (κ2) is 4.62. The molecular weight excluding hydrogens is 288 g/mol. The van der Waals surface area contributed by atoms with E-state index in [0.717, 1.165) is 30.3 Å². The van der Waals surface area contributed by atoms with Crippen LogP contribution < -0.4 is 0 Å². The first-order valence-electron chi connectivity index (χ1n) is 8.56. The fraction of sp³-hybridized carbons (Fsp3) is 0.474. The van der Waals surface area contributed by atoms with Gasteiger partial charge in [0, 0.05) is 41.7 Å². The number of benzene rings is 1. The summed E-state index contributed by atoms with van der Waals surface area (Å²) in [6.07, 6.45) is 4.31. The number of aromatic amines is 1. The SMILES string of the molecule is CC=C1CN2[C@H]3CC1[C@@H](CO)[C@@H]2Cc1c3[nH]c2ccc(O)cc12. The van der Waals surface area contributed by atoms with Crippen molar-refractivity contribution in [3.05, 3.63) is 41.1 Å². The van der Waals surface area contributed by atoms with Crippen LogP contribution in [0.5, 0.6) is 5.75 Å². The van der Waals surface area contributed by atoms with Crippen molar-refractivity contribution >= 4 is 10.9 Å². The van der Waals surface area contributed by atoms with Crippen LogP contribution in [0.15, 0.2) is 29.8 Å². The number of rotatable bonds is 1. The van der Waals surface area contributed by atoms with Gasteiger partial charge in [0.2, 0.25) is 0 Å². The van der Waals surface area contributed by atoms with Crippen molar-refractivity contribution in [2.45, 2.75) is 31.8 Å². The molecule has 2 unspecified atom stereocenters. The first-order chi connectivity index (χ1) is 11.2. The summed E-state index contributed by atoms with van der Waals surface area (Å²) in [5, 5.41) is 21.0. The number of nitrogens with one attached hydrogen (secondary N) is 1. The Morgan fingerprint density at radius 2 is 2.26 bits per heavy atom. The molecule has 3 fully saturated rings. The molecule has 1 aromatic heterocycles. The number of hydrogen-bond acceptors (Lipinski definition) is 3. The summed E-state index contributed by atoms with van der Waals surface area (Å²) in [6, 6.07) is 6.44.